The second-order valence-corrected chi connectivity index (χ2v) is 19.4. The van der Waals surface area contributed by atoms with E-state index < -0.39 is 27.9 Å². The van der Waals surface area contributed by atoms with Crippen LogP contribution in [0.3, 0.4) is 0 Å². The molecule has 2 bridgehead atoms. The minimum atomic E-state index is -3.55. The van der Waals surface area contributed by atoms with Gasteiger partial charge in [-0.1, -0.05) is 36.7 Å². The number of amides is 4. The Morgan fingerprint density at radius 1 is 1.16 bits per heavy atom. The summed E-state index contributed by atoms with van der Waals surface area (Å²) in [6, 6.07) is 10.7. The van der Waals surface area contributed by atoms with Gasteiger partial charge in [0.05, 0.1) is 30.3 Å². The molecule has 14 heteroatoms. The van der Waals surface area contributed by atoms with Gasteiger partial charge >= 0.3 is 12.1 Å². The van der Waals surface area contributed by atoms with Crippen LogP contribution in [0.4, 0.5) is 15.3 Å². The van der Waals surface area contributed by atoms with Gasteiger partial charge in [-0.2, -0.15) is 0 Å². The summed E-state index contributed by atoms with van der Waals surface area (Å²) in [5, 5.41) is 3.61. The Bertz CT molecular complexity index is 2030. The van der Waals surface area contributed by atoms with Gasteiger partial charge in [0.1, 0.15) is 15.7 Å². The molecule has 2 aromatic carbocycles. The van der Waals surface area contributed by atoms with Crippen molar-refractivity contribution in [3.05, 3.63) is 70.3 Å². The normalized spacial score (nSPS) is 35.2. The van der Waals surface area contributed by atoms with E-state index in [4.69, 9.17) is 25.8 Å². The smallest absolute Gasteiger partial charge is 0.409 e. The van der Waals surface area contributed by atoms with E-state index in [1.807, 2.05) is 25.1 Å². The van der Waals surface area contributed by atoms with Crippen LogP contribution in [0, 0.1) is 29.6 Å². The molecular weight excluding hydrogens is 742 g/mol. The van der Waals surface area contributed by atoms with Crippen LogP contribution in [0.2, 0.25) is 5.02 Å². The molecule has 2 heterocycles. The lowest BCUT2D eigenvalue weighted by Gasteiger charge is -2.42. The molecule has 3 saturated carbocycles. The predicted molar refractivity (Wildman–Crippen MR) is 211 cm³/mol. The van der Waals surface area contributed by atoms with Gasteiger partial charge in [-0.05, 0) is 110 Å². The topological polar surface area (TPSA) is 139 Å². The minimum absolute atomic E-state index is 0.00807. The van der Waals surface area contributed by atoms with Crippen LogP contribution >= 0.6 is 11.6 Å². The lowest BCUT2D eigenvalue weighted by Crippen LogP contribution is -2.51. The Morgan fingerprint density at radius 3 is 2.76 bits per heavy atom. The van der Waals surface area contributed by atoms with Crippen molar-refractivity contribution in [2.45, 2.75) is 68.9 Å². The summed E-state index contributed by atoms with van der Waals surface area (Å²) >= 11 is 6.47. The van der Waals surface area contributed by atoms with E-state index in [9.17, 15) is 18.6 Å². The molecule has 0 radical (unpaired) electrons. The van der Waals surface area contributed by atoms with Crippen LogP contribution in [0.5, 0.6) is 5.75 Å². The molecule has 7 atom stereocenters. The maximum atomic E-state index is 14.6. The van der Waals surface area contributed by atoms with Crippen LogP contribution in [0.1, 0.15) is 66.9 Å². The van der Waals surface area contributed by atoms with Crippen molar-refractivity contribution in [3.63, 3.8) is 0 Å². The average molecular weight is 794 g/mol. The second-order valence-electron chi connectivity index (χ2n) is 17.0. The Labute approximate surface area is 329 Å². The van der Waals surface area contributed by atoms with Crippen molar-refractivity contribution in [2.75, 3.05) is 58.2 Å². The molecule has 0 saturated heterocycles. The first-order valence-electron chi connectivity index (χ1n) is 19.6. The van der Waals surface area contributed by atoms with Gasteiger partial charge < -0.3 is 29.3 Å². The molecule has 4 aliphatic carbocycles. The number of methoxy groups -OCH3 is 1. The Hall–Kier alpha value is -3.81. The van der Waals surface area contributed by atoms with E-state index in [0.29, 0.717) is 55.9 Å². The molecule has 55 heavy (non-hydrogen) atoms. The van der Waals surface area contributed by atoms with Gasteiger partial charge in [-0.15, -0.1) is 4.36 Å². The first-order chi connectivity index (χ1) is 26.3. The number of ether oxygens (including phenoxy) is 3. The quantitative estimate of drug-likeness (QED) is 0.334. The number of anilines is 1. The lowest BCUT2D eigenvalue weighted by molar-refractivity contribution is 0.0725. The van der Waals surface area contributed by atoms with E-state index in [1.54, 1.807) is 27.3 Å². The van der Waals surface area contributed by atoms with Crippen molar-refractivity contribution in [2.24, 2.45) is 34.0 Å². The standard InChI is InChI=1S/C41H52ClN5O7S/c1-25-7-5-14-41(52-4)33-18-29(36(33)41)20-47-23-40(13-6-8-27-17-30(42)10-11-32(27)40)24-54-35-12-9-28(19-34(35)47)37(48)44-55(51,22-25)45-38(49)43-31-15-26(16-31)21-53-39(50)46(2)3/h5,9-12,14,17,19,25-26,29,31,33,36H,6-8,13,15-16,18,20-24H2,1-4H3,(H2,43,44,45,48,49,51)/b14-5+/t25-,26?,29-,31?,33?,36-,40-,41-,55?/m0/s1. The van der Waals surface area contributed by atoms with Crippen molar-refractivity contribution in [1.29, 1.82) is 0 Å². The molecule has 6 aliphatic rings. The van der Waals surface area contributed by atoms with E-state index in [1.165, 1.54) is 16.0 Å². The van der Waals surface area contributed by atoms with Crippen molar-refractivity contribution in [1.82, 2.24) is 14.9 Å². The molecule has 4 amide bonds. The number of hydrogen-bond acceptors (Lipinski definition) is 8. The van der Waals surface area contributed by atoms with Crippen LogP contribution in [-0.4, -0.2) is 92.0 Å². The molecule has 1 spiro atoms. The van der Waals surface area contributed by atoms with E-state index in [2.05, 4.69) is 43.6 Å². The maximum Gasteiger partial charge on any atom is 0.409 e. The SMILES string of the molecule is CO[C@@]12/C=C/C[C@H](C)CS(=O)(NC(=O)NC3CC(COC(=O)N(C)C)C3)=NC(=O)c3ccc4c(c3)N(C[C@@H]3CC1[C@H]32)C[C@@]1(CCCc2cc(Cl)ccc21)CO4. The highest BCUT2D eigenvalue weighted by Gasteiger charge is 2.73. The highest BCUT2D eigenvalue weighted by atomic mass is 35.5. The fourth-order valence-electron chi connectivity index (χ4n) is 9.99. The van der Waals surface area contributed by atoms with Crippen LogP contribution in [-0.2, 0) is 31.2 Å². The lowest BCUT2D eigenvalue weighted by atomic mass is 9.70. The molecule has 0 aromatic heterocycles. The molecule has 12 nitrogen and oxygen atoms in total. The maximum absolute atomic E-state index is 14.6. The van der Waals surface area contributed by atoms with Gasteiger partial charge in [0.15, 0.2) is 0 Å². The molecule has 3 fully saturated rings. The number of fused-ring (bicyclic) bond motifs is 4. The van der Waals surface area contributed by atoms with Crippen LogP contribution in [0.25, 0.3) is 0 Å². The van der Waals surface area contributed by atoms with Gasteiger partial charge in [0.25, 0.3) is 5.91 Å². The number of halogens is 1. The highest BCUT2D eigenvalue weighted by molar-refractivity contribution is 7.92. The predicted octanol–water partition coefficient (Wildman–Crippen LogP) is 6.36. The first kappa shape index (κ1) is 38.1. The number of carbonyl (C=O) groups excluding carboxylic acids is 3. The van der Waals surface area contributed by atoms with Crippen LogP contribution < -0.4 is 19.7 Å². The number of benzene rings is 2. The summed E-state index contributed by atoms with van der Waals surface area (Å²) in [6.07, 6.45) is 9.72. The van der Waals surface area contributed by atoms with Crippen molar-refractivity contribution >= 4 is 45.2 Å². The van der Waals surface area contributed by atoms with Crippen molar-refractivity contribution in [3.8, 4) is 5.75 Å². The fourth-order valence-corrected chi connectivity index (χ4v) is 12.0. The number of hydrogen-bond donors (Lipinski definition) is 2. The van der Waals surface area contributed by atoms with Crippen molar-refractivity contribution < 1.29 is 32.8 Å². The number of allylic oxidation sites excluding steroid dienone is 1. The molecular formula is C41H52ClN5O7S. The second kappa shape index (κ2) is 14.6. The summed E-state index contributed by atoms with van der Waals surface area (Å²) in [5.41, 5.74) is 3.03. The number of nitrogens with one attached hydrogen (secondary N) is 2. The van der Waals surface area contributed by atoms with Gasteiger partial charge in [0.2, 0.25) is 0 Å². The Balaban J connectivity index is 1.08. The zero-order chi connectivity index (χ0) is 38.7. The van der Waals surface area contributed by atoms with Crippen LogP contribution in [0.15, 0.2) is 52.9 Å². The zero-order valence-corrected chi connectivity index (χ0v) is 33.6. The summed E-state index contributed by atoms with van der Waals surface area (Å²) < 4.78 is 39.6. The van der Waals surface area contributed by atoms with Gasteiger partial charge in [-0.25, -0.2) is 13.8 Å². The monoisotopic (exact) mass is 793 g/mol. The first-order valence-corrected chi connectivity index (χ1v) is 21.6. The summed E-state index contributed by atoms with van der Waals surface area (Å²) in [6.45, 7) is 4.21. The number of aryl methyl sites for hydroxylation is 1. The molecule has 8 rings (SSSR count). The largest absolute Gasteiger partial charge is 0.490 e. The summed E-state index contributed by atoms with van der Waals surface area (Å²) in [4.78, 5) is 42.9. The third kappa shape index (κ3) is 7.32. The Kier molecular flexibility index (Phi) is 10.1. The minimum Gasteiger partial charge on any atom is -0.490 e. The fraction of sp³-hybridized carbons (Fsp3) is 0.585. The number of carbonyl (C=O) groups is 3. The van der Waals surface area contributed by atoms with E-state index in [0.717, 1.165) is 42.9 Å². The molecule has 296 valence electrons. The number of nitrogens with zero attached hydrogens (tertiary/aromatic N) is 3. The average Bonchev–Trinajstić information content (AvgIpc) is 3.69. The zero-order valence-electron chi connectivity index (χ0n) is 32.1. The summed E-state index contributed by atoms with van der Waals surface area (Å²) in [5.74, 6) is 1.23. The van der Waals surface area contributed by atoms with Gasteiger partial charge in [0, 0.05) is 62.3 Å². The van der Waals surface area contributed by atoms with E-state index in [-0.39, 0.29) is 46.8 Å². The third-order valence-corrected chi connectivity index (χ3v) is 15.1. The third-order valence-electron chi connectivity index (χ3n) is 12.9. The highest BCUT2D eigenvalue weighted by Crippen LogP contribution is 2.70. The number of rotatable bonds is 5. The molecule has 2 aliphatic heterocycles. The van der Waals surface area contributed by atoms with E-state index >= 15 is 0 Å². The molecule has 2 unspecified atom stereocenters. The Morgan fingerprint density at radius 2 is 1.98 bits per heavy atom. The van der Waals surface area contributed by atoms with Gasteiger partial charge in [-0.3, -0.25) is 9.52 Å². The number of urea groups is 1. The molecule has 2 aromatic rings. The molecule has 2 N–H and O–H groups in total. The summed E-state index contributed by atoms with van der Waals surface area (Å²) in [7, 11) is 1.49.